The number of nitrogens with zero attached hydrogens (tertiary/aromatic N) is 2. The normalized spacial score (nSPS) is 27.0. The van der Waals surface area contributed by atoms with Crippen LogP contribution >= 0.6 is 0 Å². The van der Waals surface area contributed by atoms with E-state index in [9.17, 15) is 0 Å². The maximum Gasteiger partial charge on any atom is 0.0104 e. The summed E-state index contributed by atoms with van der Waals surface area (Å²) in [6.07, 6.45) is 9.79. The maximum atomic E-state index is 3.46. The van der Waals surface area contributed by atoms with Gasteiger partial charge in [0, 0.05) is 6.04 Å². The molecule has 2 heterocycles. The van der Waals surface area contributed by atoms with Gasteiger partial charge in [-0.15, -0.1) is 0 Å². The number of piperidine rings is 2. The van der Waals surface area contributed by atoms with E-state index in [-0.39, 0.29) is 0 Å². The topological polar surface area (TPSA) is 18.5 Å². The molecule has 1 N–H and O–H groups in total. The first kappa shape index (κ1) is 15.3. The van der Waals surface area contributed by atoms with Gasteiger partial charge in [0.15, 0.2) is 0 Å². The van der Waals surface area contributed by atoms with Crippen LogP contribution in [0.25, 0.3) is 0 Å². The molecule has 3 nitrogen and oxygen atoms in total. The molecule has 2 saturated heterocycles. The van der Waals surface area contributed by atoms with E-state index in [4.69, 9.17) is 0 Å². The summed E-state index contributed by atoms with van der Waals surface area (Å²) in [6.45, 7) is 6.35. The molecule has 2 aliphatic rings. The van der Waals surface area contributed by atoms with Crippen molar-refractivity contribution in [3.05, 3.63) is 0 Å². The van der Waals surface area contributed by atoms with Crippen LogP contribution in [-0.4, -0.2) is 62.7 Å². The highest BCUT2D eigenvalue weighted by atomic mass is 15.1. The van der Waals surface area contributed by atoms with Gasteiger partial charge >= 0.3 is 0 Å². The van der Waals surface area contributed by atoms with E-state index < -0.39 is 0 Å². The molecule has 0 spiro atoms. The predicted octanol–water partition coefficient (Wildman–Crippen LogP) is 2.18. The van der Waals surface area contributed by atoms with E-state index in [1.807, 2.05) is 0 Å². The summed E-state index contributed by atoms with van der Waals surface area (Å²) in [5, 5.41) is 3.46. The Balaban J connectivity index is 1.57. The summed E-state index contributed by atoms with van der Waals surface area (Å²) in [5.74, 6) is 0.973. The Hall–Kier alpha value is -0.120. The molecule has 1 atom stereocenters. The van der Waals surface area contributed by atoms with Crippen molar-refractivity contribution in [3.8, 4) is 0 Å². The van der Waals surface area contributed by atoms with E-state index >= 15 is 0 Å². The minimum Gasteiger partial charge on any atom is -0.317 e. The van der Waals surface area contributed by atoms with Crippen LogP contribution in [0.5, 0.6) is 0 Å². The summed E-state index contributed by atoms with van der Waals surface area (Å²) in [4.78, 5) is 5.13. The highest BCUT2D eigenvalue weighted by Gasteiger charge is 2.19. The van der Waals surface area contributed by atoms with Crippen LogP contribution < -0.4 is 5.32 Å². The van der Waals surface area contributed by atoms with Gasteiger partial charge in [-0.1, -0.05) is 6.42 Å². The van der Waals surface area contributed by atoms with Gasteiger partial charge in [-0.3, -0.25) is 0 Å². The molecule has 0 saturated carbocycles. The van der Waals surface area contributed by atoms with Crippen molar-refractivity contribution in [1.82, 2.24) is 15.1 Å². The molecule has 2 rings (SSSR count). The van der Waals surface area contributed by atoms with Crippen LogP contribution in [0.1, 0.15) is 44.9 Å². The molecule has 112 valence electrons. The highest BCUT2D eigenvalue weighted by molar-refractivity contribution is 4.75. The summed E-state index contributed by atoms with van der Waals surface area (Å²) in [6, 6.07) is 0.843. The Morgan fingerprint density at radius 2 is 1.79 bits per heavy atom. The van der Waals surface area contributed by atoms with Gasteiger partial charge in [0.05, 0.1) is 0 Å². The van der Waals surface area contributed by atoms with Gasteiger partial charge in [-0.25, -0.2) is 0 Å². The van der Waals surface area contributed by atoms with Crippen molar-refractivity contribution in [1.29, 1.82) is 0 Å². The zero-order valence-electron chi connectivity index (χ0n) is 13.0. The minimum absolute atomic E-state index is 0.843. The Morgan fingerprint density at radius 1 is 1.05 bits per heavy atom. The lowest BCUT2D eigenvalue weighted by Crippen LogP contribution is -2.38. The van der Waals surface area contributed by atoms with Crippen molar-refractivity contribution >= 4 is 0 Å². The fourth-order valence-corrected chi connectivity index (χ4v) is 3.56. The van der Waals surface area contributed by atoms with Crippen LogP contribution in [0.15, 0.2) is 0 Å². The molecule has 0 amide bonds. The van der Waals surface area contributed by atoms with Crippen LogP contribution in [0.2, 0.25) is 0 Å². The van der Waals surface area contributed by atoms with Crippen LogP contribution in [0.3, 0.4) is 0 Å². The summed E-state index contributed by atoms with van der Waals surface area (Å²) < 4.78 is 0. The fraction of sp³-hybridized carbons (Fsp3) is 1.00. The molecule has 19 heavy (non-hydrogen) atoms. The standard InChI is InChI=1S/C16H33N3/c1-18(13-8-15-6-10-17-11-7-15)14-9-16-5-3-4-12-19(16)2/h15-17H,3-14H2,1-2H3. The lowest BCUT2D eigenvalue weighted by Gasteiger charge is -2.33. The van der Waals surface area contributed by atoms with Crippen LogP contribution in [0, 0.1) is 5.92 Å². The molecule has 0 aromatic heterocycles. The fourth-order valence-electron chi connectivity index (χ4n) is 3.56. The van der Waals surface area contributed by atoms with E-state index in [2.05, 4.69) is 29.2 Å². The Bertz CT molecular complexity index is 238. The van der Waals surface area contributed by atoms with Crippen molar-refractivity contribution in [3.63, 3.8) is 0 Å². The minimum atomic E-state index is 0.843. The van der Waals surface area contributed by atoms with E-state index in [0.29, 0.717) is 0 Å². The average Bonchev–Trinajstić information content (AvgIpc) is 2.45. The second-order valence-electron chi connectivity index (χ2n) is 6.70. The molecule has 0 aromatic carbocycles. The van der Waals surface area contributed by atoms with E-state index in [0.717, 1.165) is 12.0 Å². The molecule has 0 aromatic rings. The molecular formula is C16H33N3. The van der Waals surface area contributed by atoms with Gasteiger partial charge in [-0.2, -0.15) is 0 Å². The van der Waals surface area contributed by atoms with E-state index in [1.165, 1.54) is 77.7 Å². The largest absolute Gasteiger partial charge is 0.317 e. The zero-order valence-corrected chi connectivity index (χ0v) is 13.0. The number of likely N-dealkylation sites (tertiary alicyclic amines) is 1. The number of nitrogens with one attached hydrogen (secondary N) is 1. The van der Waals surface area contributed by atoms with Crippen molar-refractivity contribution in [2.45, 2.75) is 51.0 Å². The molecule has 0 bridgehead atoms. The zero-order chi connectivity index (χ0) is 13.5. The highest BCUT2D eigenvalue weighted by Crippen LogP contribution is 2.19. The third kappa shape index (κ3) is 5.41. The lowest BCUT2D eigenvalue weighted by molar-refractivity contribution is 0.158. The molecule has 0 radical (unpaired) electrons. The molecule has 0 aliphatic carbocycles. The van der Waals surface area contributed by atoms with Gasteiger partial charge in [0.2, 0.25) is 0 Å². The first-order valence-corrected chi connectivity index (χ1v) is 8.35. The Labute approximate surface area is 119 Å². The predicted molar refractivity (Wildman–Crippen MR) is 82.6 cm³/mol. The summed E-state index contributed by atoms with van der Waals surface area (Å²) in [5.41, 5.74) is 0. The van der Waals surface area contributed by atoms with Gasteiger partial charge in [-0.05, 0) is 91.3 Å². The summed E-state index contributed by atoms with van der Waals surface area (Å²) >= 11 is 0. The molecule has 1 unspecified atom stereocenters. The number of rotatable bonds is 6. The maximum absolute atomic E-state index is 3.46. The monoisotopic (exact) mass is 267 g/mol. The quantitative estimate of drug-likeness (QED) is 0.796. The van der Waals surface area contributed by atoms with E-state index in [1.54, 1.807) is 0 Å². The van der Waals surface area contributed by atoms with Crippen molar-refractivity contribution in [2.75, 3.05) is 46.8 Å². The van der Waals surface area contributed by atoms with Gasteiger partial charge in [0.1, 0.15) is 0 Å². The number of hydrogen-bond donors (Lipinski definition) is 1. The molecule has 3 heteroatoms. The number of hydrogen-bond acceptors (Lipinski definition) is 3. The van der Waals surface area contributed by atoms with Crippen LogP contribution in [0.4, 0.5) is 0 Å². The van der Waals surface area contributed by atoms with Gasteiger partial charge in [0.25, 0.3) is 0 Å². The Morgan fingerprint density at radius 3 is 2.53 bits per heavy atom. The third-order valence-corrected chi connectivity index (χ3v) is 5.14. The first-order valence-electron chi connectivity index (χ1n) is 8.35. The molecule has 2 aliphatic heterocycles. The SMILES string of the molecule is CN(CCC1CCNCC1)CCC1CCCCN1C. The average molecular weight is 267 g/mol. The van der Waals surface area contributed by atoms with Gasteiger partial charge < -0.3 is 15.1 Å². The van der Waals surface area contributed by atoms with Crippen LogP contribution in [-0.2, 0) is 0 Å². The Kier molecular flexibility index (Phi) is 6.62. The first-order chi connectivity index (χ1) is 9.25. The summed E-state index contributed by atoms with van der Waals surface area (Å²) in [7, 11) is 4.61. The van der Waals surface area contributed by atoms with Crippen molar-refractivity contribution < 1.29 is 0 Å². The van der Waals surface area contributed by atoms with Crippen molar-refractivity contribution in [2.24, 2.45) is 5.92 Å². The second-order valence-corrected chi connectivity index (χ2v) is 6.70. The smallest absolute Gasteiger partial charge is 0.0104 e. The molecular weight excluding hydrogens is 234 g/mol. The second kappa shape index (κ2) is 8.23. The lowest BCUT2D eigenvalue weighted by atomic mass is 9.94. The molecule has 2 fully saturated rings. The third-order valence-electron chi connectivity index (χ3n) is 5.14.